The molecular formula is C18H24N4O3S2. The maximum atomic E-state index is 12.6. The van der Waals surface area contributed by atoms with Crippen LogP contribution in [-0.4, -0.2) is 35.2 Å². The minimum absolute atomic E-state index is 0.0526. The van der Waals surface area contributed by atoms with E-state index in [4.69, 9.17) is 0 Å². The van der Waals surface area contributed by atoms with E-state index in [1.165, 1.54) is 19.1 Å². The molecule has 0 aliphatic heterocycles. The molecule has 0 unspecified atom stereocenters. The SMILES string of the molecule is CC(=O)Nc1ccc(S(=O)(=O)NC2CCC(Sc3nccn3C)CC2)cc1. The van der Waals surface area contributed by atoms with Gasteiger partial charge in [0.1, 0.15) is 0 Å². The fraction of sp³-hybridized carbons (Fsp3) is 0.444. The van der Waals surface area contributed by atoms with E-state index in [0.717, 1.165) is 30.8 Å². The molecule has 1 amide bonds. The second-order valence-electron chi connectivity index (χ2n) is 6.74. The molecule has 1 fully saturated rings. The van der Waals surface area contributed by atoms with Crippen LogP contribution in [0.4, 0.5) is 5.69 Å². The van der Waals surface area contributed by atoms with Gasteiger partial charge in [0.2, 0.25) is 15.9 Å². The van der Waals surface area contributed by atoms with Gasteiger partial charge in [-0.05, 0) is 49.9 Å². The second-order valence-corrected chi connectivity index (χ2v) is 9.72. The molecule has 2 N–H and O–H groups in total. The van der Waals surface area contributed by atoms with Crippen molar-refractivity contribution in [2.75, 3.05) is 5.32 Å². The number of carbonyl (C=O) groups excluding carboxylic acids is 1. The summed E-state index contributed by atoms with van der Waals surface area (Å²) < 4.78 is 30.0. The number of nitrogens with one attached hydrogen (secondary N) is 2. The molecule has 2 aromatic rings. The van der Waals surface area contributed by atoms with Crippen molar-refractivity contribution >= 4 is 33.4 Å². The van der Waals surface area contributed by atoms with Crippen molar-refractivity contribution in [3.8, 4) is 0 Å². The monoisotopic (exact) mass is 408 g/mol. The predicted molar refractivity (Wildman–Crippen MR) is 106 cm³/mol. The Balaban J connectivity index is 1.54. The lowest BCUT2D eigenvalue weighted by molar-refractivity contribution is -0.114. The number of imidazole rings is 1. The zero-order valence-electron chi connectivity index (χ0n) is 15.4. The van der Waals surface area contributed by atoms with Gasteiger partial charge in [-0.15, -0.1) is 0 Å². The molecule has 146 valence electrons. The summed E-state index contributed by atoms with van der Waals surface area (Å²) in [5.74, 6) is -0.191. The van der Waals surface area contributed by atoms with Crippen molar-refractivity contribution in [2.45, 2.75) is 54.0 Å². The molecule has 0 radical (unpaired) electrons. The Morgan fingerprint density at radius 2 is 1.85 bits per heavy atom. The number of hydrogen-bond acceptors (Lipinski definition) is 5. The fourth-order valence-electron chi connectivity index (χ4n) is 3.12. The highest BCUT2D eigenvalue weighted by molar-refractivity contribution is 7.99. The zero-order chi connectivity index (χ0) is 19.4. The molecule has 1 heterocycles. The quantitative estimate of drug-likeness (QED) is 0.767. The summed E-state index contributed by atoms with van der Waals surface area (Å²) >= 11 is 1.76. The highest BCUT2D eigenvalue weighted by Gasteiger charge is 2.26. The first-order valence-corrected chi connectivity index (χ1v) is 11.2. The molecular weight excluding hydrogens is 384 g/mol. The van der Waals surface area contributed by atoms with E-state index in [1.54, 1.807) is 30.1 Å². The van der Waals surface area contributed by atoms with Crippen molar-refractivity contribution in [1.29, 1.82) is 0 Å². The van der Waals surface area contributed by atoms with Gasteiger partial charge in [0.15, 0.2) is 5.16 Å². The van der Waals surface area contributed by atoms with Gasteiger partial charge in [-0.2, -0.15) is 0 Å². The first-order valence-electron chi connectivity index (χ1n) is 8.87. The average molecular weight is 409 g/mol. The number of hydrogen-bond donors (Lipinski definition) is 2. The van der Waals surface area contributed by atoms with Crippen molar-refractivity contribution in [3.63, 3.8) is 0 Å². The minimum atomic E-state index is -3.57. The lowest BCUT2D eigenvalue weighted by Crippen LogP contribution is -2.38. The highest BCUT2D eigenvalue weighted by atomic mass is 32.2. The molecule has 0 saturated heterocycles. The summed E-state index contributed by atoms with van der Waals surface area (Å²) in [6.45, 7) is 1.41. The number of aryl methyl sites for hydroxylation is 1. The summed E-state index contributed by atoms with van der Waals surface area (Å²) in [4.78, 5) is 15.6. The normalized spacial score (nSPS) is 20.4. The summed E-state index contributed by atoms with van der Waals surface area (Å²) in [6, 6.07) is 6.15. The Bertz CT molecular complexity index is 886. The van der Waals surface area contributed by atoms with Crippen molar-refractivity contribution < 1.29 is 13.2 Å². The molecule has 7 nitrogen and oxygen atoms in total. The number of rotatable bonds is 6. The molecule has 0 atom stereocenters. The maximum Gasteiger partial charge on any atom is 0.240 e. The Hall–Kier alpha value is -1.84. The number of amides is 1. The van der Waals surface area contributed by atoms with Gasteiger partial charge >= 0.3 is 0 Å². The summed E-state index contributed by atoms with van der Waals surface area (Å²) in [5, 5.41) is 4.09. The molecule has 3 rings (SSSR count). The molecule has 1 aliphatic rings. The van der Waals surface area contributed by atoms with Crippen LogP contribution in [0.3, 0.4) is 0 Å². The number of sulfonamides is 1. The van der Waals surface area contributed by atoms with Crippen LogP contribution >= 0.6 is 11.8 Å². The average Bonchev–Trinajstić information content (AvgIpc) is 3.01. The Kier molecular flexibility index (Phi) is 6.23. The largest absolute Gasteiger partial charge is 0.329 e. The summed E-state index contributed by atoms with van der Waals surface area (Å²) in [7, 11) is -1.59. The van der Waals surface area contributed by atoms with Crippen molar-refractivity contribution in [2.24, 2.45) is 7.05 Å². The highest BCUT2D eigenvalue weighted by Crippen LogP contribution is 2.33. The first kappa shape index (κ1) is 19.9. The summed E-state index contributed by atoms with van der Waals surface area (Å²) in [6.07, 6.45) is 7.24. The lowest BCUT2D eigenvalue weighted by atomic mass is 9.96. The smallest absolute Gasteiger partial charge is 0.240 e. The van der Waals surface area contributed by atoms with E-state index in [2.05, 4.69) is 15.0 Å². The van der Waals surface area contributed by atoms with Crippen molar-refractivity contribution in [3.05, 3.63) is 36.7 Å². The third kappa shape index (κ3) is 5.33. The molecule has 1 saturated carbocycles. The van der Waals surface area contributed by atoms with Crippen LogP contribution in [0.5, 0.6) is 0 Å². The van der Waals surface area contributed by atoms with Gasteiger partial charge in [0.25, 0.3) is 0 Å². The van der Waals surface area contributed by atoms with Crippen LogP contribution in [0.15, 0.2) is 46.7 Å². The zero-order valence-corrected chi connectivity index (χ0v) is 17.0. The Labute approximate surface area is 164 Å². The van der Waals surface area contributed by atoms with Crippen LogP contribution < -0.4 is 10.0 Å². The van der Waals surface area contributed by atoms with E-state index in [9.17, 15) is 13.2 Å². The number of carbonyl (C=O) groups is 1. The lowest BCUT2D eigenvalue weighted by Gasteiger charge is -2.28. The van der Waals surface area contributed by atoms with Crippen molar-refractivity contribution in [1.82, 2.24) is 14.3 Å². The van der Waals surface area contributed by atoms with Gasteiger partial charge in [-0.3, -0.25) is 4.79 Å². The third-order valence-corrected chi connectivity index (χ3v) is 7.48. The molecule has 1 aromatic heterocycles. The van der Waals surface area contributed by atoms with E-state index >= 15 is 0 Å². The molecule has 27 heavy (non-hydrogen) atoms. The van der Waals surface area contributed by atoms with Crippen LogP contribution in [-0.2, 0) is 21.9 Å². The fourth-order valence-corrected chi connectivity index (χ4v) is 5.58. The Morgan fingerprint density at radius 1 is 1.19 bits per heavy atom. The van der Waals surface area contributed by atoms with Crippen LogP contribution in [0.2, 0.25) is 0 Å². The third-order valence-electron chi connectivity index (χ3n) is 4.53. The molecule has 0 bridgehead atoms. The molecule has 0 spiro atoms. The van der Waals surface area contributed by atoms with Crippen LogP contribution in [0, 0.1) is 0 Å². The molecule has 1 aromatic carbocycles. The van der Waals surface area contributed by atoms with E-state index < -0.39 is 10.0 Å². The topological polar surface area (TPSA) is 93.1 Å². The number of nitrogens with zero attached hydrogens (tertiary/aromatic N) is 2. The van der Waals surface area contributed by atoms with Gasteiger partial charge in [0.05, 0.1) is 4.90 Å². The number of thioether (sulfide) groups is 1. The first-order chi connectivity index (χ1) is 12.8. The van der Waals surface area contributed by atoms with E-state index in [-0.39, 0.29) is 16.8 Å². The van der Waals surface area contributed by atoms with Gasteiger partial charge in [-0.1, -0.05) is 11.8 Å². The number of aromatic nitrogens is 2. The van der Waals surface area contributed by atoms with Crippen LogP contribution in [0.1, 0.15) is 32.6 Å². The van der Waals surface area contributed by atoms with E-state index in [0.29, 0.717) is 10.9 Å². The van der Waals surface area contributed by atoms with E-state index in [1.807, 2.05) is 17.8 Å². The van der Waals surface area contributed by atoms with Crippen LogP contribution in [0.25, 0.3) is 0 Å². The number of anilines is 1. The Morgan fingerprint density at radius 3 is 2.41 bits per heavy atom. The van der Waals surface area contributed by atoms with Gasteiger partial charge in [-0.25, -0.2) is 18.1 Å². The molecule has 9 heteroatoms. The predicted octanol–water partition coefficient (Wildman–Crippen LogP) is 2.76. The van der Waals surface area contributed by atoms with Gasteiger partial charge in [0, 0.05) is 43.3 Å². The standard InChI is InChI=1S/C18H24N4O3S2/c1-13(23)20-14-5-9-17(10-6-14)27(24,25)21-15-3-7-16(8-4-15)26-18-19-11-12-22(18)2/h5-6,9-12,15-16,21H,3-4,7-8H2,1-2H3,(H,20,23). The van der Waals surface area contributed by atoms with Gasteiger partial charge < -0.3 is 9.88 Å². The number of benzene rings is 1. The summed E-state index contributed by atoms with van der Waals surface area (Å²) in [5.41, 5.74) is 0.577. The minimum Gasteiger partial charge on any atom is -0.329 e. The maximum absolute atomic E-state index is 12.6. The second kappa shape index (κ2) is 8.45. The molecule has 1 aliphatic carbocycles.